The summed E-state index contributed by atoms with van der Waals surface area (Å²) in [4.78, 5) is 13.8. The van der Waals surface area contributed by atoms with E-state index >= 15 is 0 Å². The molecule has 1 amide bonds. The van der Waals surface area contributed by atoms with Crippen molar-refractivity contribution < 1.29 is 14.3 Å². The molecular formula is C14H15NO3. The molecule has 1 fully saturated rings. The van der Waals surface area contributed by atoms with Gasteiger partial charge in [-0.1, -0.05) is 12.1 Å². The molecule has 1 atom stereocenters. The second-order valence-electron chi connectivity index (χ2n) is 4.51. The van der Waals surface area contributed by atoms with E-state index in [1.54, 1.807) is 4.90 Å². The van der Waals surface area contributed by atoms with Gasteiger partial charge in [0.1, 0.15) is 13.2 Å². The van der Waals surface area contributed by atoms with Crippen molar-refractivity contribution in [1.82, 2.24) is 0 Å². The molecule has 0 saturated carbocycles. The van der Waals surface area contributed by atoms with Gasteiger partial charge in [-0.2, -0.15) is 0 Å². The van der Waals surface area contributed by atoms with Crippen LogP contribution in [-0.4, -0.2) is 25.7 Å². The average Bonchev–Trinajstić information content (AvgIpc) is 2.79. The molecule has 0 spiro atoms. The van der Waals surface area contributed by atoms with Gasteiger partial charge in [-0.25, -0.2) is 0 Å². The zero-order valence-electron chi connectivity index (χ0n) is 10.1. The average molecular weight is 245 g/mol. The van der Waals surface area contributed by atoms with Crippen molar-refractivity contribution in [1.29, 1.82) is 0 Å². The minimum atomic E-state index is 0.113. The van der Waals surface area contributed by atoms with Crippen LogP contribution in [0.3, 0.4) is 0 Å². The number of carbonyl (C=O) groups is 1. The number of fused-ring (bicyclic) bond motifs is 1. The molecule has 2 aliphatic rings. The van der Waals surface area contributed by atoms with Gasteiger partial charge < -0.3 is 14.4 Å². The molecule has 1 aromatic rings. The van der Waals surface area contributed by atoms with Crippen LogP contribution in [0.4, 0.5) is 5.69 Å². The lowest BCUT2D eigenvalue weighted by Gasteiger charge is -2.25. The first kappa shape index (κ1) is 11.1. The quantitative estimate of drug-likeness (QED) is 0.748. The molecule has 18 heavy (non-hydrogen) atoms. The molecule has 0 bridgehead atoms. The van der Waals surface area contributed by atoms with Crippen LogP contribution in [-0.2, 0) is 4.79 Å². The Kier molecular flexibility index (Phi) is 2.70. The van der Waals surface area contributed by atoms with Crippen molar-refractivity contribution in [3.05, 3.63) is 30.9 Å². The van der Waals surface area contributed by atoms with Crippen LogP contribution in [0.25, 0.3) is 0 Å². The molecule has 2 aliphatic heterocycles. The summed E-state index contributed by atoms with van der Waals surface area (Å²) in [6, 6.07) is 5.65. The normalized spacial score (nSPS) is 22.1. The van der Waals surface area contributed by atoms with Crippen molar-refractivity contribution in [2.45, 2.75) is 6.42 Å². The summed E-state index contributed by atoms with van der Waals surface area (Å²) < 4.78 is 11.2. The predicted octanol–water partition coefficient (Wildman–Crippen LogP) is 2.00. The monoisotopic (exact) mass is 245 g/mol. The van der Waals surface area contributed by atoms with Gasteiger partial charge >= 0.3 is 0 Å². The lowest BCUT2D eigenvalue weighted by molar-refractivity contribution is -0.117. The molecule has 2 heterocycles. The van der Waals surface area contributed by atoms with Crippen molar-refractivity contribution in [2.75, 3.05) is 24.7 Å². The number of nitrogens with zero attached hydrogens (tertiary/aromatic N) is 1. The van der Waals surface area contributed by atoms with Crippen molar-refractivity contribution >= 4 is 11.6 Å². The summed E-state index contributed by atoms with van der Waals surface area (Å²) in [5, 5.41) is 0. The van der Waals surface area contributed by atoms with Gasteiger partial charge in [0.15, 0.2) is 11.5 Å². The molecule has 1 saturated heterocycles. The fourth-order valence-corrected chi connectivity index (χ4v) is 2.40. The van der Waals surface area contributed by atoms with E-state index in [1.807, 2.05) is 24.3 Å². The highest BCUT2D eigenvalue weighted by atomic mass is 16.6. The molecule has 1 unspecified atom stereocenters. The number of rotatable bonds is 2. The van der Waals surface area contributed by atoms with E-state index < -0.39 is 0 Å². The Morgan fingerprint density at radius 1 is 1.33 bits per heavy atom. The van der Waals surface area contributed by atoms with Crippen molar-refractivity contribution in [3.63, 3.8) is 0 Å². The van der Waals surface area contributed by atoms with Crippen LogP contribution >= 0.6 is 0 Å². The highest BCUT2D eigenvalue weighted by Gasteiger charge is 2.32. The van der Waals surface area contributed by atoms with Crippen molar-refractivity contribution in [3.8, 4) is 11.5 Å². The molecule has 4 heteroatoms. The molecule has 1 aromatic carbocycles. The number of benzene rings is 1. The third-order valence-corrected chi connectivity index (χ3v) is 3.32. The number of para-hydroxylation sites is 1. The zero-order valence-corrected chi connectivity index (χ0v) is 10.1. The maximum atomic E-state index is 12.0. The number of anilines is 1. The molecule has 0 N–H and O–H groups in total. The maximum Gasteiger partial charge on any atom is 0.227 e. The molecular weight excluding hydrogens is 230 g/mol. The lowest BCUT2D eigenvalue weighted by atomic mass is 10.1. The summed E-state index contributed by atoms with van der Waals surface area (Å²) in [6.45, 7) is 5.51. The van der Waals surface area contributed by atoms with Crippen LogP contribution in [0.1, 0.15) is 6.42 Å². The Morgan fingerprint density at radius 2 is 2.17 bits per heavy atom. The van der Waals surface area contributed by atoms with E-state index in [0.717, 1.165) is 5.69 Å². The first-order chi connectivity index (χ1) is 8.79. The summed E-state index contributed by atoms with van der Waals surface area (Å²) >= 11 is 0. The van der Waals surface area contributed by atoms with Crippen LogP contribution in [0.15, 0.2) is 30.9 Å². The van der Waals surface area contributed by atoms with Crippen molar-refractivity contribution in [2.24, 2.45) is 5.92 Å². The fraction of sp³-hybridized carbons (Fsp3) is 0.357. The second-order valence-corrected chi connectivity index (χ2v) is 4.51. The van der Waals surface area contributed by atoms with Gasteiger partial charge in [-0.3, -0.25) is 4.79 Å². The highest BCUT2D eigenvalue weighted by molar-refractivity contribution is 5.97. The van der Waals surface area contributed by atoms with E-state index in [9.17, 15) is 4.79 Å². The van der Waals surface area contributed by atoms with E-state index in [4.69, 9.17) is 9.47 Å². The van der Waals surface area contributed by atoms with Gasteiger partial charge in [-0.05, 0) is 12.1 Å². The highest BCUT2D eigenvalue weighted by Crippen LogP contribution is 2.41. The molecule has 0 aromatic heterocycles. The smallest absolute Gasteiger partial charge is 0.227 e. The number of hydrogen-bond acceptors (Lipinski definition) is 3. The Labute approximate surface area is 106 Å². The molecule has 4 nitrogen and oxygen atoms in total. The first-order valence-corrected chi connectivity index (χ1v) is 6.11. The summed E-state index contributed by atoms with van der Waals surface area (Å²) in [5.74, 6) is 1.73. The molecule has 3 rings (SSSR count). The summed E-state index contributed by atoms with van der Waals surface area (Å²) in [5.41, 5.74) is 0.807. The standard InChI is InChI=1S/C14H15NO3/c1-2-10-8-13(16)15(9-10)11-4-3-5-12-14(11)18-7-6-17-12/h2-5,10H,1,6-9H2. The second kappa shape index (κ2) is 4.37. The van der Waals surface area contributed by atoms with Crippen LogP contribution < -0.4 is 14.4 Å². The zero-order chi connectivity index (χ0) is 12.5. The predicted molar refractivity (Wildman–Crippen MR) is 68.1 cm³/mol. The van der Waals surface area contributed by atoms with Crippen LogP contribution in [0.5, 0.6) is 11.5 Å². The lowest BCUT2D eigenvalue weighted by Crippen LogP contribution is -2.26. The Hall–Kier alpha value is -1.97. The first-order valence-electron chi connectivity index (χ1n) is 6.11. The Morgan fingerprint density at radius 3 is 2.94 bits per heavy atom. The number of ether oxygens (including phenoxy) is 2. The van der Waals surface area contributed by atoms with Gasteiger partial charge in [0, 0.05) is 18.9 Å². The Bertz CT molecular complexity index is 498. The van der Waals surface area contributed by atoms with Crippen LogP contribution in [0.2, 0.25) is 0 Å². The van der Waals surface area contributed by atoms with Gasteiger partial charge in [0.05, 0.1) is 5.69 Å². The summed E-state index contributed by atoms with van der Waals surface area (Å²) in [6.07, 6.45) is 2.36. The van der Waals surface area contributed by atoms with E-state index in [1.165, 1.54) is 0 Å². The Balaban J connectivity index is 1.97. The SMILES string of the molecule is C=CC1CC(=O)N(c2cccc3c2OCCO3)C1. The fourth-order valence-electron chi connectivity index (χ4n) is 2.40. The number of hydrogen-bond donors (Lipinski definition) is 0. The van der Waals surface area contributed by atoms with E-state index in [-0.39, 0.29) is 11.8 Å². The molecule has 0 radical (unpaired) electrons. The topological polar surface area (TPSA) is 38.8 Å². The number of carbonyl (C=O) groups excluding carboxylic acids is 1. The molecule has 0 aliphatic carbocycles. The third kappa shape index (κ3) is 1.74. The minimum Gasteiger partial charge on any atom is -0.486 e. The third-order valence-electron chi connectivity index (χ3n) is 3.32. The largest absolute Gasteiger partial charge is 0.486 e. The van der Waals surface area contributed by atoms with Crippen LogP contribution in [0, 0.1) is 5.92 Å². The van der Waals surface area contributed by atoms with E-state index in [2.05, 4.69) is 6.58 Å². The molecule has 94 valence electrons. The van der Waals surface area contributed by atoms with Gasteiger partial charge in [-0.15, -0.1) is 6.58 Å². The van der Waals surface area contributed by atoms with Gasteiger partial charge in [0.25, 0.3) is 0 Å². The summed E-state index contributed by atoms with van der Waals surface area (Å²) in [7, 11) is 0. The minimum absolute atomic E-state index is 0.113. The number of amides is 1. The van der Waals surface area contributed by atoms with Gasteiger partial charge in [0.2, 0.25) is 5.91 Å². The van der Waals surface area contributed by atoms with E-state index in [0.29, 0.717) is 37.7 Å². The maximum absolute atomic E-state index is 12.0.